The van der Waals surface area contributed by atoms with Gasteiger partial charge in [-0.15, -0.1) is 5.10 Å². The highest BCUT2D eigenvalue weighted by Gasteiger charge is 2.41. The second-order valence-corrected chi connectivity index (χ2v) is 8.79. The second kappa shape index (κ2) is 6.52. The van der Waals surface area contributed by atoms with Gasteiger partial charge in [0, 0.05) is 40.7 Å². The van der Waals surface area contributed by atoms with E-state index in [1.807, 2.05) is 36.4 Å². The van der Waals surface area contributed by atoms with Crippen molar-refractivity contribution in [2.75, 3.05) is 5.32 Å². The van der Waals surface area contributed by atoms with E-state index in [1.165, 1.54) is 0 Å². The van der Waals surface area contributed by atoms with E-state index in [4.69, 9.17) is 21.7 Å². The Labute approximate surface area is 173 Å². The van der Waals surface area contributed by atoms with Crippen LogP contribution >= 0.6 is 11.6 Å². The number of carbonyl (C=O) groups is 1. The summed E-state index contributed by atoms with van der Waals surface area (Å²) >= 11 is 6.11. The van der Waals surface area contributed by atoms with Crippen LogP contribution in [0.2, 0.25) is 5.02 Å². The third-order valence-corrected chi connectivity index (χ3v) is 5.69. The summed E-state index contributed by atoms with van der Waals surface area (Å²) in [5, 5.41) is 8.79. The van der Waals surface area contributed by atoms with Gasteiger partial charge in [-0.2, -0.15) is 4.98 Å². The summed E-state index contributed by atoms with van der Waals surface area (Å²) < 4.78 is 1.81. The molecule has 1 N–H and O–H groups in total. The molecule has 0 spiro atoms. The molecule has 5 rings (SSSR count). The van der Waals surface area contributed by atoms with E-state index in [1.54, 1.807) is 17.1 Å². The fourth-order valence-corrected chi connectivity index (χ4v) is 4.31. The van der Waals surface area contributed by atoms with Crippen molar-refractivity contribution in [2.24, 2.45) is 5.41 Å². The number of hydrogen-bond acceptors (Lipinski definition) is 5. The molecule has 0 saturated heterocycles. The molecular formula is C22H20ClN5O. The zero-order valence-corrected chi connectivity index (χ0v) is 16.9. The van der Waals surface area contributed by atoms with Crippen LogP contribution in [0.5, 0.6) is 0 Å². The Morgan fingerprint density at radius 2 is 1.97 bits per heavy atom. The molecule has 2 aliphatic rings. The minimum atomic E-state index is -0.333. The quantitative estimate of drug-likeness (QED) is 0.671. The number of allylic oxidation sites excluding steroid dienone is 2. The van der Waals surface area contributed by atoms with E-state index in [0.717, 1.165) is 28.8 Å². The van der Waals surface area contributed by atoms with Gasteiger partial charge in [0.25, 0.3) is 0 Å². The van der Waals surface area contributed by atoms with Crippen molar-refractivity contribution >= 4 is 23.3 Å². The number of halogens is 1. The Balaban J connectivity index is 1.69. The maximum absolute atomic E-state index is 13.2. The van der Waals surface area contributed by atoms with E-state index >= 15 is 0 Å². The van der Waals surface area contributed by atoms with Gasteiger partial charge in [0.1, 0.15) is 6.04 Å². The van der Waals surface area contributed by atoms with Crippen molar-refractivity contribution in [3.63, 3.8) is 0 Å². The predicted molar refractivity (Wildman–Crippen MR) is 112 cm³/mol. The molecule has 29 heavy (non-hydrogen) atoms. The molecule has 1 aliphatic carbocycles. The lowest BCUT2D eigenvalue weighted by atomic mass is 9.73. The molecule has 3 aromatic rings. The van der Waals surface area contributed by atoms with E-state index in [-0.39, 0.29) is 17.2 Å². The van der Waals surface area contributed by atoms with E-state index in [0.29, 0.717) is 23.2 Å². The number of aromatic nitrogens is 4. The third-order valence-electron chi connectivity index (χ3n) is 5.44. The molecule has 1 aromatic carbocycles. The Hall–Kier alpha value is -2.99. The first-order chi connectivity index (χ1) is 13.9. The van der Waals surface area contributed by atoms with Crippen LogP contribution in [0.4, 0.5) is 5.95 Å². The number of hydrogen-bond donors (Lipinski definition) is 1. The number of benzene rings is 1. The van der Waals surface area contributed by atoms with Crippen molar-refractivity contribution < 1.29 is 4.79 Å². The number of nitrogens with one attached hydrogen (secondary N) is 1. The van der Waals surface area contributed by atoms with Crippen molar-refractivity contribution in [3.05, 3.63) is 70.6 Å². The van der Waals surface area contributed by atoms with Gasteiger partial charge < -0.3 is 5.32 Å². The fourth-order valence-electron chi connectivity index (χ4n) is 4.18. The largest absolute Gasteiger partial charge is 0.328 e. The summed E-state index contributed by atoms with van der Waals surface area (Å²) in [5.74, 6) is 1.35. The number of carbonyl (C=O) groups excluding carboxylic acids is 1. The van der Waals surface area contributed by atoms with Gasteiger partial charge in [0.05, 0.1) is 0 Å². The molecule has 1 unspecified atom stereocenters. The zero-order valence-electron chi connectivity index (χ0n) is 16.2. The smallest absolute Gasteiger partial charge is 0.226 e. The van der Waals surface area contributed by atoms with Crippen molar-refractivity contribution in [2.45, 2.75) is 32.7 Å². The molecule has 0 fully saturated rings. The van der Waals surface area contributed by atoms with Crippen LogP contribution in [0, 0.1) is 5.41 Å². The van der Waals surface area contributed by atoms with Crippen molar-refractivity contribution in [1.29, 1.82) is 0 Å². The highest BCUT2D eigenvalue weighted by Crippen LogP contribution is 2.45. The molecule has 0 radical (unpaired) electrons. The topological polar surface area (TPSA) is 72.7 Å². The standard InChI is InChI=1S/C22H20ClN5O/c1-22(2)10-16-18(17(29)11-22)19(13-5-7-15(23)8-6-13)28-21(25-16)26-20(27-28)14-4-3-9-24-12-14/h3-9,12,19H,10-11H2,1-2H3,(H,25,26,27). The van der Waals surface area contributed by atoms with Crippen molar-refractivity contribution in [3.8, 4) is 11.4 Å². The summed E-state index contributed by atoms with van der Waals surface area (Å²) in [7, 11) is 0. The van der Waals surface area contributed by atoms with Gasteiger partial charge in [0.2, 0.25) is 5.95 Å². The van der Waals surface area contributed by atoms with Crippen LogP contribution in [-0.2, 0) is 4.79 Å². The fraction of sp³-hybridized carbons (Fsp3) is 0.273. The number of Topliss-reactive ketones (excluding diaryl/α,β-unsaturated/α-hetero) is 1. The first-order valence-corrected chi connectivity index (χ1v) is 9.95. The second-order valence-electron chi connectivity index (χ2n) is 8.36. The number of fused-ring (bicyclic) bond motifs is 1. The van der Waals surface area contributed by atoms with Gasteiger partial charge >= 0.3 is 0 Å². The highest BCUT2D eigenvalue weighted by molar-refractivity contribution is 6.30. The number of rotatable bonds is 2. The van der Waals surface area contributed by atoms with Gasteiger partial charge in [-0.1, -0.05) is 37.6 Å². The molecule has 146 valence electrons. The van der Waals surface area contributed by atoms with Crippen LogP contribution in [0.15, 0.2) is 60.1 Å². The summed E-state index contributed by atoms with van der Waals surface area (Å²) in [6, 6.07) is 11.0. The maximum Gasteiger partial charge on any atom is 0.226 e. The van der Waals surface area contributed by atoms with Crippen LogP contribution in [0.1, 0.15) is 38.3 Å². The Kier molecular flexibility index (Phi) is 4.06. The summed E-state index contributed by atoms with van der Waals surface area (Å²) in [4.78, 5) is 22.1. The van der Waals surface area contributed by atoms with Gasteiger partial charge in [-0.25, -0.2) is 4.68 Å². The number of anilines is 1. The SMILES string of the molecule is CC1(C)CC(=O)C2=C(C1)Nc1nc(-c3cccnc3)nn1C2c1ccc(Cl)cc1. The van der Waals surface area contributed by atoms with Crippen molar-refractivity contribution in [1.82, 2.24) is 19.7 Å². The minimum absolute atomic E-state index is 0.0954. The van der Waals surface area contributed by atoms with Gasteiger partial charge in [0.15, 0.2) is 11.6 Å². The first kappa shape index (κ1) is 18.1. The van der Waals surface area contributed by atoms with Crippen LogP contribution in [-0.4, -0.2) is 25.5 Å². The average molecular weight is 406 g/mol. The van der Waals surface area contributed by atoms with E-state index < -0.39 is 0 Å². The summed E-state index contributed by atoms with van der Waals surface area (Å²) in [6.07, 6.45) is 4.75. The normalized spacial score (nSPS) is 20.1. The van der Waals surface area contributed by atoms with E-state index in [9.17, 15) is 4.79 Å². The predicted octanol–water partition coefficient (Wildman–Crippen LogP) is 4.65. The van der Waals surface area contributed by atoms with Gasteiger partial charge in [-0.3, -0.25) is 9.78 Å². The molecular weight excluding hydrogens is 386 g/mol. The van der Waals surface area contributed by atoms with E-state index in [2.05, 4.69) is 24.1 Å². The third kappa shape index (κ3) is 3.13. The number of ketones is 1. The molecule has 1 aliphatic heterocycles. The van der Waals surface area contributed by atoms with Gasteiger partial charge in [-0.05, 0) is 41.7 Å². The molecule has 7 heteroatoms. The number of nitrogens with zero attached hydrogens (tertiary/aromatic N) is 4. The molecule has 0 bridgehead atoms. The molecule has 2 aromatic heterocycles. The Bertz CT molecular complexity index is 1130. The molecule has 6 nitrogen and oxygen atoms in total. The van der Waals surface area contributed by atoms with Crippen LogP contribution < -0.4 is 5.32 Å². The molecule has 0 amide bonds. The minimum Gasteiger partial charge on any atom is -0.328 e. The summed E-state index contributed by atoms with van der Waals surface area (Å²) in [5.41, 5.74) is 3.39. The zero-order chi connectivity index (χ0) is 20.2. The lowest BCUT2D eigenvalue weighted by molar-refractivity contribution is -0.118. The highest BCUT2D eigenvalue weighted by atomic mass is 35.5. The molecule has 1 atom stereocenters. The molecule has 0 saturated carbocycles. The lowest BCUT2D eigenvalue weighted by Crippen LogP contribution is -2.36. The number of pyridine rings is 1. The average Bonchev–Trinajstić information content (AvgIpc) is 3.10. The maximum atomic E-state index is 13.2. The Morgan fingerprint density at radius 1 is 1.17 bits per heavy atom. The first-order valence-electron chi connectivity index (χ1n) is 9.57. The Morgan fingerprint density at radius 3 is 2.69 bits per heavy atom. The summed E-state index contributed by atoms with van der Waals surface area (Å²) in [6.45, 7) is 4.24. The molecule has 3 heterocycles. The lowest BCUT2D eigenvalue weighted by Gasteiger charge is -2.38. The van der Waals surface area contributed by atoms with Crippen LogP contribution in [0.25, 0.3) is 11.4 Å². The monoisotopic (exact) mass is 405 g/mol. The van der Waals surface area contributed by atoms with Crippen LogP contribution in [0.3, 0.4) is 0 Å².